The smallest absolute Gasteiger partial charge is 0.341 e. The summed E-state index contributed by atoms with van der Waals surface area (Å²) in [5, 5.41) is 1.29. The molecule has 0 radical (unpaired) electrons. The Morgan fingerprint density at radius 3 is 1.86 bits per heavy atom. The quantitative estimate of drug-likeness (QED) is 0.0409. The van der Waals surface area contributed by atoms with Crippen LogP contribution in [0.3, 0.4) is 0 Å². The van der Waals surface area contributed by atoms with Crippen molar-refractivity contribution in [1.82, 2.24) is 0 Å². The number of allylic oxidation sites excluding steroid dienone is 1. The van der Waals surface area contributed by atoms with E-state index < -0.39 is 44.5 Å². The Bertz CT molecular complexity index is 1230. The molecule has 51 heavy (non-hydrogen) atoms. The fraction of sp³-hybridized carbons (Fsp3) is 0.625. The van der Waals surface area contributed by atoms with Crippen LogP contribution in [0.1, 0.15) is 80.1 Å². The van der Waals surface area contributed by atoms with E-state index >= 15 is 0 Å². The molecule has 0 heterocycles. The highest BCUT2D eigenvalue weighted by Gasteiger charge is 2.36. The number of benzene rings is 2. The molecule has 0 bridgehead atoms. The molecule has 0 saturated heterocycles. The molecule has 2 aromatic rings. The summed E-state index contributed by atoms with van der Waals surface area (Å²) >= 11 is 0. The van der Waals surface area contributed by atoms with Gasteiger partial charge in [0.2, 0.25) is 0 Å². The molecule has 1 unspecified atom stereocenters. The molecule has 2 rings (SSSR count). The lowest BCUT2D eigenvalue weighted by Crippen LogP contribution is -2.41. The van der Waals surface area contributed by atoms with E-state index in [4.69, 9.17) is 21.6 Å². The Hall–Kier alpha value is -1.29. The summed E-state index contributed by atoms with van der Waals surface area (Å²) < 4.78 is 29.5. The number of ketones is 1. The molecule has 0 aliphatic rings. The van der Waals surface area contributed by atoms with Crippen molar-refractivity contribution in [2.75, 3.05) is 38.2 Å². The van der Waals surface area contributed by atoms with Crippen molar-refractivity contribution in [3.63, 3.8) is 0 Å². The molecule has 0 N–H and O–H groups in total. The van der Waals surface area contributed by atoms with Gasteiger partial charge in [0.15, 0.2) is 14.8 Å². The maximum atomic E-state index is 12.6. The normalized spacial score (nSPS) is 14.0. The first-order valence-corrected chi connectivity index (χ1v) is 33.3. The van der Waals surface area contributed by atoms with E-state index in [0.29, 0.717) is 11.1 Å². The van der Waals surface area contributed by atoms with Crippen molar-refractivity contribution < 1.29 is 26.4 Å². The van der Waals surface area contributed by atoms with Crippen LogP contribution in [0, 0.1) is 0 Å². The zero-order chi connectivity index (χ0) is 38.4. The second-order valence-corrected chi connectivity index (χ2v) is 34.6. The minimum absolute atomic E-state index is 0.0440. The van der Waals surface area contributed by atoms with E-state index in [0.717, 1.165) is 25.2 Å². The van der Waals surface area contributed by atoms with Crippen LogP contribution in [0.25, 0.3) is 0 Å². The van der Waals surface area contributed by atoms with Crippen LogP contribution in [0.2, 0.25) is 58.4 Å². The third-order valence-corrected chi connectivity index (χ3v) is 26.5. The number of carbonyl (C=O) groups excluding carboxylic acids is 1. The lowest BCUT2D eigenvalue weighted by molar-refractivity contribution is 0.103. The van der Waals surface area contributed by atoms with Gasteiger partial charge in [-0.15, -0.1) is 6.58 Å². The Morgan fingerprint density at radius 1 is 0.745 bits per heavy atom. The predicted octanol–water partition coefficient (Wildman–Crippen LogP) is 11.7. The van der Waals surface area contributed by atoms with Gasteiger partial charge in [-0.25, -0.2) is 0 Å². The highest BCUT2D eigenvalue weighted by atomic mass is 32.3. The Labute approximate surface area is 320 Å². The molecule has 11 heteroatoms. The zero-order valence-corrected chi connectivity index (χ0v) is 39.3. The largest absolute Gasteiger partial charge is 0.494 e. The maximum Gasteiger partial charge on any atom is 0.341 e. The molecule has 0 amide bonds. The van der Waals surface area contributed by atoms with E-state index in [1.54, 1.807) is 7.11 Å². The molecule has 0 aliphatic heterocycles. The van der Waals surface area contributed by atoms with Crippen molar-refractivity contribution in [3.8, 4) is 5.75 Å². The van der Waals surface area contributed by atoms with Gasteiger partial charge in [0, 0.05) is 25.3 Å². The minimum atomic E-state index is -2.08. The molecule has 0 spiro atoms. The number of carbonyl (C=O) groups is 1. The van der Waals surface area contributed by atoms with Gasteiger partial charge < -0.3 is 21.6 Å². The summed E-state index contributed by atoms with van der Waals surface area (Å²) in [5.74, 6) is 2.09. The van der Waals surface area contributed by atoms with Crippen molar-refractivity contribution in [1.29, 1.82) is 0 Å². The molecule has 1 atom stereocenters. The summed E-state index contributed by atoms with van der Waals surface area (Å²) in [4.78, 5) is 12.6. The highest BCUT2D eigenvalue weighted by molar-refractivity contribution is 8.31. The topological polar surface area (TPSA) is 63.2 Å². The van der Waals surface area contributed by atoms with E-state index in [-0.39, 0.29) is 5.78 Å². The van der Waals surface area contributed by atoms with Crippen LogP contribution in [-0.2, 0) is 16.8 Å². The van der Waals surface area contributed by atoms with Crippen molar-refractivity contribution in [2.45, 2.75) is 123 Å². The molecule has 0 fully saturated rings. The first-order chi connectivity index (χ1) is 24.0. The summed E-state index contributed by atoms with van der Waals surface area (Å²) in [6, 6.07) is 18.3. The van der Waals surface area contributed by atoms with Crippen LogP contribution in [0.5, 0.6) is 5.75 Å². The lowest BCUT2D eigenvalue weighted by atomic mass is 10.0. The van der Waals surface area contributed by atoms with Crippen LogP contribution >= 0.6 is 10.3 Å². The van der Waals surface area contributed by atoms with Gasteiger partial charge in [0.1, 0.15) is 5.75 Å². The molecular weight excluding hydrogens is 721 g/mol. The monoisotopic (exact) mass is 794 g/mol. The van der Waals surface area contributed by atoms with Crippen molar-refractivity contribution in [2.24, 2.45) is 0 Å². The highest BCUT2D eigenvalue weighted by Crippen LogP contribution is 2.51. The summed E-state index contributed by atoms with van der Waals surface area (Å²) in [6.07, 6.45) is 16.8. The number of unbranched alkanes of at least 4 members (excludes halogenated alkanes) is 8. The van der Waals surface area contributed by atoms with E-state index in [1.165, 1.54) is 68.5 Å². The van der Waals surface area contributed by atoms with E-state index in [9.17, 15) is 4.79 Å². The average Bonchev–Trinajstić information content (AvgIpc) is 3.07. The molecule has 0 aliphatic carbocycles. The van der Waals surface area contributed by atoms with E-state index in [1.807, 2.05) is 67.8 Å². The fourth-order valence-corrected chi connectivity index (χ4v) is 26.1. The van der Waals surface area contributed by atoms with Gasteiger partial charge in [-0.2, -0.15) is 10.3 Å². The molecule has 6 nitrogen and oxygen atoms in total. The average molecular weight is 795 g/mol. The van der Waals surface area contributed by atoms with E-state index in [2.05, 4.69) is 65.2 Å². The molecule has 292 valence electrons. The van der Waals surface area contributed by atoms with Crippen molar-refractivity contribution in [3.05, 3.63) is 78.4 Å². The summed E-state index contributed by atoms with van der Waals surface area (Å²) in [6.45, 7) is 22.6. The Balaban J connectivity index is 0.00000127. The third-order valence-electron chi connectivity index (χ3n) is 8.75. The van der Waals surface area contributed by atoms with Gasteiger partial charge in [0.25, 0.3) is 0 Å². The van der Waals surface area contributed by atoms with Crippen LogP contribution in [-0.4, -0.2) is 78.2 Å². The van der Waals surface area contributed by atoms with Gasteiger partial charge >= 0.3 is 17.1 Å². The Kier molecular flexibility index (Phi) is 23.3. The molecular formula is C40H74O6SSi4. The van der Waals surface area contributed by atoms with Gasteiger partial charge in [-0.3, -0.25) is 4.79 Å². The minimum Gasteiger partial charge on any atom is -0.494 e. The summed E-state index contributed by atoms with van der Waals surface area (Å²) in [5.41, 5.74) is 1.40. The number of ether oxygens (including phenoxy) is 1. The predicted molar refractivity (Wildman–Crippen MR) is 234 cm³/mol. The van der Waals surface area contributed by atoms with Gasteiger partial charge in [-0.05, 0) is 107 Å². The molecule has 0 aromatic heterocycles. The van der Waals surface area contributed by atoms with Crippen LogP contribution in [0.4, 0.5) is 0 Å². The summed E-state index contributed by atoms with van der Waals surface area (Å²) in [7, 11) is -3.58. The van der Waals surface area contributed by atoms with Gasteiger partial charge in [0.05, 0.1) is 14.7 Å². The lowest BCUT2D eigenvalue weighted by Gasteiger charge is -2.45. The first-order valence-electron chi connectivity index (χ1n) is 19.1. The second-order valence-electron chi connectivity index (χ2n) is 15.7. The van der Waals surface area contributed by atoms with Crippen molar-refractivity contribution >= 4 is 50.3 Å². The van der Waals surface area contributed by atoms with Crippen LogP contribution < -0.4 is 4.74 Å². The standard InChI is InChI=1S/C35H58O4SSi2.C5H16O2Si2/c1-8-9-10-11-14-20-29-40(3,39-42(6,7)37-2)31-41(4,5)30-21-15-12-13-19-28-38-34-26-24-33(25-27-34)35(36)32-22-17-16-18-23-32;1-6-9(4,5)7-8(2)3/h8,16-18,22-27H,1,9-15,19-21,28-31H2,2-7H3;8H,1-5H3. The zero-order valence-electron chi connectivity index (χ0n) is 34.3. The number of rotatable bonds is 26. The molecule has 2 aromatic carbocycles. The SMILES string of the molecule is C=CCCCCCCS(C)(C[Si](C)(C)CCCCCCCOc1ccc(C(=O)c2ccccc2)cc1)O[Si](C)(C)OC.CO[Si](C)(C)O[SiH](C)C. The second kappa shape index (κ2) is 24.9. The fourth-order valence-electron chi connectivity index (χ4n) is 6.11. The Morgan fingerprint density at radius 2 is 1.29 bits per heavy atom. The van der Waals surface area contributed by atoms with Crippen LogP contribution in [0.15, 0.2) is 67.3 Å². The third kappa shape index (κ3) is 22.5. The number of hydrogen-bond acceptors (Lipinski definition) is 6. The maximum absolute atomic E-state index is 12.6. The molecule has 0 saturated carbocycles. The van der Waals surface area contributed by atoms with Gasteiger partial charge in [-0.1, -0.05) is 94.1 Å². The first kappa shape index (κ1) is 47.7. The number of hydrogen-bond donors (Lipinski definition) is 0.